The minimum Gasteiger partial charge on any atom is -0.491 e. The number of benzene rings is 2. The Balaban J connectivity index is 1.52. The summed E-state index contributed by atoms with van der Waals surface area (Å²) in [5, 5.41) is 13.4. The molecule has 1 aromatic heterocycles. The molecule has 0 aliphatic carbocycles. The van der Waals surface area contributed by atoms with Crippen LogP contribution < -0.4 is 26.0 Å². The monoisotopic (exact) mass is 570 g/mol. The van der Waals surface area contributed by atoms with E-state index in [1.165, 1.54) is 18.1 Å². The summed E-state index contributed by atoms with van der Waals surface area (Å²) in [6.07, 6.45) is -2.56. The topological polar surface area (TPSA) is 125 Å². The van der Waals surface area contributed by atoms with Gasteiger partial charge < -0.3 is 26.0 Å². The molecule has 0 fully saturated rings. The number of hydrogen-bond acceptors (Lipinski definition) is 7. The minimum atomic E-state index is -4.60. The fourth-order valence-electron chi connectivity index (χ4n) is 4.00. The van der Waals surface area contributed by atoms with E-state index in [2.05, 4.69) is 20.8 Å². The number of nitrogens with zero attached hydrogens (tertiary/aromatic N) is 2. The molecule has 2 amide bonds. The summed E-state index contributed by atoms with van der Waals surface area (Å²) < 4.78 is 47.4. The summed E-state index contributed by atoms with van der Waals surface area (Å²) in [4.78, 5) is 26.1. The fourth-order valence-corrected chi connectivity index (χ4v) is 5.47. The summed E-state index contributed by atoms with van der Waals surface area (Å²) in [6, 6.07) is 5.88. The maximum absolute atomic E-state index is 13.9. The minimum absolute atomic E-state index is 0.0168. The number of alkyl halides is 3. The fraction of sp³-hybridized carbons (Fsp3) is 0.375. The number of thioether (sulfide) groups is 1. The molecule has 5 N–H and O–H groups in total. The third kappa shape index (κ3) is 5.73. The molecule has 3 aromatic rings. The summed E-state index contributed by atoms with van der Waals surface area (Å²) in [7, 11) is 1.50. The first-order valence-corrected chi connectivity index (χ1v) is 12.8. The van der Waals surface area contributed by atoms with Gasteiger partial charge in [-0.1, -0.05) is 23.4 Å². The molecule has 1 aliphatic heterocycles. The zero-order chi connectivity index (χ0) is 27.8. The average molecular weight is 571 g/mol. The lowest BCUT2D eigenvalue weighted by molar-refractivity contribution is -0.137. The normalized spacial score (nSPS) is 15.4. The second-order valence-corrected chi connectivity index (χ2v) is 10.8. The van der Waals surface area contributed by atoms with Crippen LogP contribution in [-0.2, 0) is 15.8 Å². The van der Waals surface area contributed by atoms with Crippen LogP contribution in [0.3, 0.4) is 0 Å². The molecule has 1 unspecified atom stereocenters. The van der Waals surface area contributed by atoms with Crippen LogP contribution in [-0.4, -0.2) is 46.7 Å². The number of ether oxygens (including phenoxy) is 1. The molecule has 2 aromatic carbocycles. The smallest absolute Gasteiger partial charge is 0.418 e. The number of halogens is 4. The Labute approximate surface area is 225 Å². The third-order valence-corrected chi connectivity index (χ3v) is 7.49. The van der Waals surface area contributed by atoms with Crippen LogP contribution in [0.4, 0.5) is 24.5 Å². The lowest BCUT2D eigenvalue weighted by Gasteiger charge is -2.31. The quantitative estimate of drug-likeness (QED) is 0.275. The van der Waals surface area contributed by atoms with Gasteiger partial charge >= 0.3 is 6.18 Å². The van der Waals surface area contributed by atoms with E-state index in [4.69, 9.17) is 22.1 Å². The number of nitrogens with two attached hydrogens (primary N) is 1. The molecule has 14 heteroatoms. The Bertz CT molecular complexity index is 1380. The number of rotatable bonds is 9. The van der Waals surface area contributed by atoms with Crippen molar-refractivity contribution in [3.8, 4) is 5.75 Å². The summed E-state index contributed by atoms with van der Waals surface area (Å²) in [5.41, 5.74) is 3.07. The van der Waals surface area contributed by atoms with Crippen LogP contribution in [0.1, 0.15) is 32.3 Å². The number of aromatic nitrogens is 2. The SMILES string of the molecule is CN1c2c(C(F)(F)F)cc3[nH]ncc3c2SC1NC(=O)C(C)(C)Nc1ccc(Cl)cc1OCCCC(N)=O. The van der Waals surface area contributed by atoms with Crippen LogP contribution >= 0.6 is 23.4 Å². The zero-order valence-corrected chi connectivity index (χ0v) is 22.3. The molecule has 0 saturated heterocycles. The van der Waals surface area contributed by atoms with Gasteiger partial charge in [0.1, 0.15) is 11.3 Å². The first-order chi connectivity index (χ1) is 17.8. The zero-order valence-electron chi connectivity index (χ0n) is 20.7. The summed E-state index contributed by atoms with van der Waals surface area (Å²) in [5.74, 6) is -0.523. The molecule has 38 heavy (non-hydrogen) atoms. The predicted octanol–water partition coefficient (Wildman–Crippen LogP) is 4.71. The first-order valence-electron chi connectivity index (χ1n) is 11.5. The van der Waals surface area contributed by atoms with Crippen molar-refractivity contribution in [2.24, 2.45) is 5.73 Å². The molecule has 0 radical (unpaired) electrons. The van der Waals surface area contributed by atoms with Gasteiger partial charge in [-0.05, 0) is 38.5 Å². The van der Waals surface area contributed by atoms with E-state index in [-0.39, 0.29) is 24.2 Å². The molecule has 9 nitrogen and oxygen atoms in total. The van der Waals surface area contributed by atoms with Gasteiger partial charge in [-0.15, -0.1) is 0 Å². The van der Waals surface area contributed by atoms with Crippen molar-refractivity contribution in [2.75, 3.05) is 23.9 Å². The van der Waals surface area contributed by atoms with E-state index in [0.29, 0.717) is 33.2 Å². The number of hydrogen-bond donors (Lipinski definition) is 4. The summed E-state index contributed by atoms with van der Waals surface area (Å²) >= 11 is 7.22. The molecular formula is C24H26ClF3N6O3S. The second kappa shape index (κ2) is 10.4. The number of aromatic amines is 1. The van der Waals surface area contributed by atoms with Gasteiger partial charge in [0, 0.05) is 34.8 Å². The van der Waals surface area contributed by atoms with E-state index in [1.807, 2.05) is 0 Å². The molecule has 1 aliphatic rings. The maximum atomic E-state index is 13.9. The van der Waals surface area contributed by atoms with Crippen molar-refractivity contribution < 1.29 is 27.5 Å². The van der Waals surface area contributed by atoms with Crippen molar-refractivity contribution >= 4 is 57.5 Å². The molecule has 4 rings (SSSR count). The predicted molar refractivity (Wildman–Crippen MR) is 140 cm³/mol. The Morgan fingerprint density at radius 2 is 2.03 bits per heavy atom. The largest absolute Gasteiger partial charge is 0.491 e. The van der Waals surface area contributed by atoms with Crippen LogP contribution in [0.2, 0.25) is 5.02 Å². The average Bonchev–Trinajstić information content (AvgIpc) is 3.41. The maximum Gasteiger partial charge on any atom is 0.418 e. The van der Waals surface area contributed by atoms with Crippen molar-refractivity contribution in [1.82, 2.24) is 15.5 Å². The van der Waals surface area contributed by atoms with Crippen molar-refractivity contribution in [3.05, 3.63) is 41.0 Å². The van der Waals surface area contributed by atoms with Gasteiger partial charge in [-0.2, -0.15) is 18.3 Å². The standard InChI is InChI=1S/C24H26ClF3N6O3S/c1-23(2,32-15-7-6-12(25)9-17(15)37-8-4-5-18(29)35)21(36)31-22-34(3)19-14(24(26,27)28)10-16-13(11-30-33-16)20(19)38-22/h6-7,9-11,22,32H,4-5,8H2,1-3H3,(H2,29,35)(H,30,33)(H,31,36). The van der Waals surface area contributed by atoms with Gasteiger partial charge in [-0.25, -0.2) is 0 Å². The number of anilines is 2. The second-order valence-electron chi connectivity index (χ2n) is 9.29. The Morgan fingerprint density at radius 1 is 1.29 bits per heavy atom. The number of carbonyl (C=O) groups is 2. The van der Waals surface area contributed by atoms with Crippen LogP contribution in [0.25, 0.3) is 10.9 Å². The van der Waals surface area contributed by atoms with Gasteiger partial charge in [0.2, 0.25) is 11.8 Å². The van der Waals surface area contributed by atoms with Crippen LogP contribution in [0.15, 0.2) is 35.4 Å². The van der Waals surface area contributed by atoms with Crippen molar-refractivity contribution in [3.63, 3.8) is 0 Å². The highest BCUT2D eigenvalue weighted by Crippen LogP contribution is 2.51. The number of nitrogens with one attached hydrogen (secondary N) is 3. The lowest BCUT2D eigenvalue weighted by Crippen LogP contribution is -2.53. The van der Waals surface area contributed by atoms with Crippen LogP contribution in [0, 0.1) is 0 Å². The van der Waals surface area contributed by atoms with E-state index >= 15 is 0 Å². The van der Waals surface area contributed by atoms with E-state index in [0.717, 1.165) is 17.8 Å². The highest BCUT2D eigenvalue weighted by Gasteiger charge is 2.43. The number of H-pyrrole nitrogens is 1. The lowest BCUT2D eigenvalue weighted by atomic mass is 10.0. The Morgan fingerprint density at radius 3 is 2.71 bits per heavy atom. The van der Waals surface area contributed by atoms with Gasteiger partial charge in [0.15, 0.2) is 5.50 Å². The molecule has 0 spiro atoms. The van der Waals surface area contributed by atoms with E-state index < -0.39 is 34.6 Å². The van der Waals surface area contributed by atoms with Gasteiger partial charge in [0.25, 0.3) is 0 Å². The summed E-state index contributed by atoms with van der Waals surface area (Å²) in [6.45, 7) is 3.47. The van der Waals surface area contributed by atoms with Gasteiger partial charge in [-0.3, -0.25) is 14.7 Å². The molecule has 2 heterocycles. The molecule has 1 atom stereocenters. The molecular weight excluding hydrogens is 545 g/mol. The Kier molecular flexibility index (Phi) is 7.62. The first kappa shape index (κ1) is 27.7. The van der Waals surface area contributed by atoms with Crippen molar-refractivity contribution in [2.45, 2.75) is 48.8 Å². The molecule has 204 valence electrons. The highest BCUT2D eigenvalue weighted by atomic mass is 35.5. The van der Waals surface area contributed by atoms with E-state index in [1.54, 1.807) is 32.0 Å². The van der Waals surface area contributed by atoms with E-state index in [9.17, 15) is 22.8 Å². The number of carbonyl (C=O) groups excluding carboxylic acids is 2. The van der Waals surface area contributed by atoms with Gasteiger partial charge in [0.05, 0.1) is 35.3 Å². The van der Waals surface area contributed by atoms with Crippen molar-refractivity contribution in [1.29, 1.82) is 0 Å². The number of primary amides is 1. The van der Waals surface area contributed by atoms with Crippen LogP contribution in [0.5, 0.6) is 5.75 Å². The highest BCUT2D eigenvalue weighted by molar-refractivity contribution is 8.00. The number of amides is 2. The third-order valence-electron chi connectivity index (χ3n) is 5.95. The number of fused-ring (bicyclic) bond motifs is 3. The Hall–Kier alpha value is -3.32. The molecule has 0 saturated carbocycles. The molecule has 0 bridgehead atoms.